The van der Waals surface area contributed by atoms with E-state index >= 15 is 0 Å². The normalized spacial score (nSPS) is 17.9. The molecule has 0 spiro atoms. The molecule has 1 fully saturated rings. The van der Waals surface area contributed by atoms with Crippen LogP contribution in [0.2, 0.25) is 0 Å². The molecule has 2 aromatic carbocycles. The van der Waals surface area contributed by atoms with Gasteiger partial charge < -0.3 is 19.9 Å². The van der Waals surface area contributed by atoms with Crippen LogP contribution >= 0.6 is 0 Å². The Kier molecular flexibility index (Phi) is 7.64. The third kappa shape index (κ3) is 5.79. The number of sulfonamides is 1. The van der Waals surface area contributed by atoms with Crippen molar-refractivity contribution in [2.24, 2.45) is 0 Å². The van der Waals surface area contributed by atoms with Gasteiger partial charge in [-0.15, -0.1) is 0 Å². The molecule has 1 aliphatic heterocycles. The van der Waals surface area contributed by atoms with Gasteiger partial charge in [-0.05, 0) is 61.1 Å². The second-order valence-electron chi connectivity index (χ2n) is 10.2. The van der Waals surface area contributed by atoms with E-state index < -0.39 is 33.9 Å². The monoisotopic (exact) mass is 556 g/mol. The molecule has 1 aromatic heterocycles. The Bertz CT molecular complexity index is 1500. The number of nitrogens with zero attached hydrogens (tertiary/aromatic N) is 2. The number of aromatic nitrogens is 1. The van der Waals surface area contributed by atoms with Crippen molar-refractivity contribution in [2.75, 3.05) is 23.7 Å². The molecule has 9 nitrogen and oxygen atoms in total. The molecule has 0 saturated heterocycles. The van der Waals surface area contributed by atoms with Crippen LogP contribution in [-0.2, 0) is 38.9 Å². The summed E-state index contributed by atoms with van der Waals surface area (Å²) >= 11 is 0. The number of hydrogen-bond donors (Lipinski definition) is 2. The van der Waals surface area contributed by atoms with Crippen molar-refractivity contribution in [2.45, 2.75) is 57.3 Å². The number of benzene rings is 2. The molecule has 2 aliphatic rings. The van der Waals surface area contributed by atoms with E-state index in [9.17, 15) is 22.4 Å². The molecule has 5 rings (SSSR count). The SMILES string of the molecule is CCc1cn2c3c(cc(C(=O)N[C@@H](Cc4cccc(F)c4)[C@@H](CNC4CC4)OC=O)cc13)N(C)S(=O)(=O)CC2. The molecule has 39 heavy (non-hydrogen) atoms. The minimum absolute atomic E-state index is 0.0406. The highest BCUT2D eigenvalue weighted by Gasteiger charge is 2.31. The fraction of sp³-hybridized carbons (Fsp3) is 0.429. The smallest absolute Gasteiger partial charge is 0.293 e. The van der Waals surface area contributed by atoms with Crippen LogP contribution in [0.4, 0.5) is 10.1 Å². The zero-order valence-corrected chi connectivity index (χ0v) is 22.8. The highest BCUT2D eigenvalue weighted by molar-refractivity contribution is 7.92. The number of anilines is 1. The molecule has 2 heterocycles. The van der Waals surface area contributed by atoms with Gasteiger partial charge in [0.1, 0.15) is 11.9 Å². The standard InChI is InChI=1S/C28H33FN4O5S/c1-3-19-16-33-9-10-39(36,37)32(2)25-14-20(13-23(19)27(25)33)28(35)31-24(12-18-5-4-6-21(29)11-18)26(38-17-34)15-30-22-7-8-22/h4-6,11,13-14,16-17,22,24,26,30H,3,7-10,12,15H2,1-2H3,(H,31,35)/t24-,26+/m0/s1. The fourth-order valence-corrected chi connectivity index (χ4v) is 6.33. The predicted octanol–water partition coefficient (Wildman–Crippen LogP) is 2.76. The van der Waals surface area contributed by atoms with E-state index in [1.807, 2.05) is 17.7 Å². The minimum atomic E-state index is -3.56. The molecule has 3 aromatic rings. The summed E-state index contributed by atoms with van der Waals surface area (Å²) in [6.45, 7) is 3.04. The van der Waals surface area contributed by atoms with E-state index in [4.69, 9.17) is 4.74 Å². The van der Waals surface area contributed by atoms with E-state index in [2.05, 4.69) is 10.6 Å². The second kappa shape index (κ2) is 11.0. The number of rotatable bonds is 11. The number of ether oxygens (including phenoxy) is 1. The van der Waals surface area contributed by atoms with Crippen molar-refractivity contribution >= 4 is 39.0 Å². The van der Waals surface area contributed by atoms with E-state index in [0.717, 1.165) is 35.7 Å². The first-order chi connectivity index (χ1) is 18.7. The number of amides is 1. The van der Waals surface area contributed by atoms with Crippen LogP contribution in [0.3, 0.4) is 0 Å². The van der Waals surface area contributed by atoms with E-state index in [1.165, 1.54) is 23.5 Å². The summed E-state index contributed by atoms with van der Waals surface area (Å²) in [5.74, 6) is -0.880. The van der Waals surface area contributed by atoms with Crippen LogP contribution in [0.1, 0.15) is 41.3 Å². The summed E-state index contributed by atoms with van der Waals surface area (Å²) < 4.78 is 48.3. The number of nitrogens with one attached hydrogen (secondary N) is 2. The summed E-state index contributed by atoms with van der Waals surface area (Å²) in [5, 5.41) is 7.16. The summed E-state index contributed by atoms with van der Waals surface area (Å²) in [4.78, 5) is 25.1. The average Bonchev–Trinajstić information content (AvgIpc) is 3.68. The van der Waals surface area contributed by atoms with Gasteiger partial charge in [0.2, 0.25) is 10.0 Å². The van der Waals surface area contributed by atoms with Crippen molar-refractivity contribution in [1.29, 1.82) is 0 Å². The molecule has 0 bridgehead atoms. The molecular formula is C28H33FN4O5S. The van der Waals surface area contributed by atoms with Crippen LogP contribution in [0.25, 0.3) is 10.9 Å². The Hall–Kier alpha value is -3.44. The van der Waals surface area contributed by atoms with Crippen molar-refractivity contribution in [3.05, 3.63) is 65.1 Å². The topological polar surface area (TPSA) is 110 Å². The maximum absolute atomic E-state index is 14.0. The van der Waals surface area contributed by atoms with Gasteiger partial charge in [-0.3, -0.25) is 13.9 Å². The number of aryl methyl sites for hydroxylation is 2. The second-order valence-corrected chi connectivity index (χ2v) is 12.4. The van der Waals surface area contributed by atoms with Gasteiger partial charge in [0, 0.05) is 43.3 Å². The van der Waals surface area contributed by atoms with Gasteiger partial charge in [-0.25, -0.2) is 12.8 Å². The van der Waals surface area contributed by atoms with Gasteiger partial charge in [-0.2, -0.15) is 0 Å². The highest BCUT2D eigenvalue weighted by atomic mass is 32.2. The van der Waals surface area contributed by atoms with Gasteiger partial charge >= 0.3 is 0 Å². The van der Waals surface area contributed by atoms with Crippen LogP contribution in [0.15, 0.2) is 42.6 Å². The lowest BCUT2D eigenvalue weighted by Gasteiger charge is -2.27. The summed E-state index contributed by atoms with van der Waals surface area (Å²) in [6.07, 6.45) is 4.27. The molecular weight excluding hydrogens is 523 g/mol. The lowest BCUT2D eigenvalue weighted by molar-refractivity contribution is -0.134. The number of carbonyl (C=O) groups is 2. The quantitative estimate of drug-likeness (QED) is 0.352. The van der Waals surface area contributed by atoms with Crippen molar-refractivity contribution in [3.8, 4) is 0 Å². The molecule has 0 radical (unpaired) electrons. The minimum Gasteiger partial charge on any atom is -0.461 e. The summed E-state index contributed by atoms with van der Waals surface area (Å²) in [7, 11) is -2.06. The molecule has 1 saturated carbocycles. The first kappa shape index (κ1) is 27.1. The first-order valence-electron chi connectivity index (χ1n) is 13.2. The van der Waals surface area contributed by atoms with E-state index in [0.29, 0.717) is 36.9 Å². The Morgan fingerprint density at radius 3 is 2.74 bits per heavy atom. The Balaban J connectivity index is 1.51. The molecule has 2 atom stereocenters. The fourth-order valence-electron chi connectivity index (χ4n) is 5.19. The number of halogens is 1. The van der Waals surface area contributed by atoms with Crippen molar-refractivity contribution < 1.29 is 27.1 Å². The zero-order valence-electron chi connectivity index (χ0n) is 22.0. The molecule has 11 heteroatoms. The van der Waals surface area contributed by atoms with Crippen LogP contribution in [-0.4, -0.2) is 62.9 Å². The third-order valence-electron chi connectivity index (χ3n) is 7.55. The lowest BCUT2D eigenvalue weighted by Crippen LogP contribution is -2.50. The highest BCUT2D eigenvalue weighted by Crippen LogP contribution is 2.35. The molecule has 1 amide bonds. The molecule has 0 unspecified atom stereocenters. The molecule has 1 aliphatic carbocycles. The van der Waals surface area contributed by atoms with E-state index in [1.54, 1.807) is 24.3 Å². The van der Waals surface area contributed by atoms with Gasteiger partial charge in [0.15, 0.2) is 0 Å². The largest absolute Gasteiger partial charge is 0.461 e. The Labute approximate surface area is 227 Å². The van der Waals surface area contributed by atoms with Gasteiger partial charge in [-0.1, -0.05) is 19.1 Å². The van der Waals surface area contributed by atoms with Crippen LogP contribution < -0.4 is 14.9 Å². The van der Waals surface area contributed by atoms with Gasteiger partial charge in [0.25, 0.3) is 12.4 Å². The van der Waals surface area contributed by atoms with Crippen LogP contribution in [0.5, 0.6) is 0 Å². The molecule has 2 N–H and O–H groups in total. The zero-order chi connectivity index (χ0) is 27.7. The van der Waals surface area contributed by atoms with Crippen molar-refractivity contribution in [3.63, 3.8) is 0 Å². The van der Waals surface area contributed by atoms with E-state index in [-0.39, 0.29) is 17.7 Å². The number of carbonyl (C=O) groups excluding carboxylic acids is 2. The maximum atomic E-state index is 14.0. The summed E-state index contributed by atoms with van der Waals surface area (Å²) in [5.41, 5.74) is 3.16. The van der Waals surface area contributed by atoms with Crippen molar-refractivity contribution in [1.82, 2.24) is 15.2 Å². The Morgan fingerprint density at radius 1 is 1.26 bits per heavy atom. The lowest BCUT2D eigenvalue weighted by atomic mass is 9.99. The average molecular weight is 557 g/mol. The number of hydrogen-bond acceptors (Lipinski definition) is 6. The molecule has 208 valence electrons. The van der Waals surface area contributed by atoms with Gasteiger partial charge in [0.05, 0.1) is 23.0 Å². The van der Waals surface area contributed by atoms with Crippen LogP contribution in [0, 0.1) is 5.82 Å². The first-order valence-corrected chi connectivity index (χ1v) is 14.8. The summed E-state index contributed by atoms with van der Waals surface area (Å²) in [6, 6.07) is 9.14. The maximum Gasteiger partial charge on any atom is 0.293 e. The third-order valence-corrected chi connectivity index (χ3v) is 9.28. The Morgan fingerprint density at radius 2 is 2.05 bits per heavy atom. The predicted molar refractivity (Wildman–Crippen MR) is 147 cm³/mol.